The van der Waals surface area contributed by atoms with Gasteiger partial charge in [0.25, 0.3) is 5.91 Å². The molecule has 2 N–H and O–H groups in total. The molecule has 4 nitrogen and oxygen atoms in total. The van der Waals surface area contributed by atoms with Crippen LogP contribution in [0.3, 0.4) is 0 Å². The van der Waals surface area contributed by atoms with Crippen LogP contribution in [0.25, 0.3) is 0 Å². The van der Waals surface area contributed by atoms with Crippen molar-refractivity contribution in [2.75, 3.05) is 13.1 Å². The van der Waals surface area contributed by atoms with E-state index in [9.17, 15) is 9.90 Å². The highest BCUT2D eigenvalue weighted by atomic mass is 16.3. The van der Waals surface area contributed by atoms with Gasteiger partial charge in [-0.15, -0.1) is 0 Å². The van der Waals surface area contributed by atoms with E-state index < -0.39 is 6.10 Å². The van der Waals surface area contributed by atoms with Crippen LogP contribution in [0.4, 0.5) is 0 Å². The second kappa shape index (κ2) is 5.80. The Bertz CT molecular complexity index is 440. The average molecular weight is 246 g/mol. The first kappa shape index (κ1) is 12.8. The largest absolute Gasteiger partial charge is 0.389 e. The Hall–Kier alpha value is -1.65. The number of hydrogen-bond donors (Lipinski definition) is 2. The molecule has 18 heavy (non-hydrogen) atoms. The minimum atomic E-state index is -0.392. The van der Waals surface area contributed by atoms with Gasteiger partial charge in [0.1, 0.15) is 0 Å². The Labute approximate surface area is 107 Å². The molecule has 1 aliphatic rings. The lowest BCUT2D eigenvalue weighted by Crippen LogP contribution is -2.45. The van der Waals surface area contributed by atoms with Crippen molar-refractivity contribution in [3.05, 3.63) is 47.5 Å². The number of hydrogen-bond acceptors (Lipinski definition) is 3. The highest BCUT2D eigenvalue weighted by Gasteiger charge is 2.16. The average Bonchev–Trinajstić information content (AvgIpc) is 2.40. The number of carbonyl (C=O) groups is 1. The van der Waals surface area contributed by atoms with E-state index in [0.717, 1.165) is 18.5 Å². The van der Waals surface area contributed by atoms with Crippen LogP contribution in [0.2, 0.25) is 0 Å². The van der Waals surface area contributed by atoms with Crippen molar-refractivity contribution in [1.82, 2.24) is 10.4 Å². The highest BCUT2D eigenvalue weighted by molar-refractivity contribution is 5.93. The zero-order valence-corrected chi connectivity index (χ0v) is 10.5. The molecule has 2 rings (SSSR count). The maximum atomic E-state index is 11.9. The predicted molar refractivity (Wildman–Crippen MR) is 69.9 cm³/mol. The van der Waals surface area contributed by atoms with Gasteiger partial charge >= 0.3 is 0 Å². The first-order valence-corrected chi connectivity index (χ1v) is 6.15. The summed E-state index contributed by atoms with van der Waals surface area (Å²) in [5.41, 5.74) is 4.56. The van der Waals surface area contributed by atoms with Crippen molar-refractivity contribution in [2.24, 2.45) is 0 Å². The number of hydrazine groups is 1. The SMILES string of the molecule is CC(O)C1=CCN(NC(=O)c2ccccc2)CC1. The fraction of sp³-hybridized carbons (Fsp3) is 0.357. The van der Waals surface area contributed by atoms with Crippen LogP contribution in [0.1, 0.15) is 23.7 Å². The van der Waals surface area contributed by atoms with Gasteiger partial charge in [-0.25, -0.2) is 5.01 Å². The number of amides is 1. The van der Waals surface area contributed by atoms with Crippen molar-refractivity contribution in [3.8, 4) is 0 Å². The molecule has 0 aliphatic carbocycles. The Kier molecular flexibility index (Phi) is 4.12. The molecule has 1 heterocycles. The lowest BCUT2D eigenvalue weighted by molar-refractivity contribution is 0.0796. The molecular formula is C14H18N2O2. The van der Waals surface area contributed by atoms with Gasteiger partial charge in [-0.1, -0.05) is 24.3 Å². The first-order valence-electron chi connectivity index (χ1n) is 6.15. The van der Waals surface area contributed by atoms with Crippen molar-refractivity contribution >= 4 is 5.91 Å². The Morgan fingerprint density at radius 3 is 2.67 bits per heavy atom. The first-order chi connectivity index (χ1) is 8.66. The van der Waals surface area contributed by atoms with E-state index in [1.165, 1.54) is 0 Å². The second-order valence-electron chi connectivity index (χ2n) is 4.46. The summed E-state index contributed by atoms with van der Waals surface area (Å²) < 4.78 is 0. The number of aliphatic hydroxyl groups excluding tert-OH is 1. The third-order valence-electron chi connectivity index (χ3n) is 3.08. The molecule has 1 atom stereocenters. The molecule has 1 unspecified atom stereocenters. The third-order valence-corrected chi connectivity index (χ3v) is 3.08. The van der Waals surface area contributed by atoms with Crippen molar-refractivity contribution in [1.29, 1.82) is 0 Å². The molecule has 0 saturated carbocycles. The molecule has 1 amide bonds. The van der Waals surface area contributed by atoms with Gasteiger partial charge in [-0.2, -0.15) is 0 Å². The molecule has 0 spiro atoms. The van der Waals surface area contributed by atoms with E-state index in [1.54, 1.807) is 19.1 Å². The van der Waals surface area contributed by atoms with Gasteiger partial charge in [0.15, 0.2) is 0 Å². The topological polar surface area (TPSA) is 52.6 Å². The van der Waals surface area contributed by atoms with Gasteiger partial charge in [-0.3, -0.25) is 10.2 Å². The maximum Gasteiger partial charge on any atom is 0.265 e. The van der Waals surface area contributed by atoms with Crippen LogP contribution >= 0.6 is 0 Å². The zero-order valence-electron chi connectivity index (χ0n) is 10.5. The second-order valence-corrected chi connectivity index (χ2v) is 4.46. The molecule has 1 aromatic carbocycles. The van der Waals surface area contributed by atoms with Crippen LogP contribution in [-0.4, -0.2) is 35.2 Å². The molecule has 96 valence electrons. The zero-order chi connectivity index (χ0) is 13.0. The van der Waals surface area contributed by atoms with Gasteiger partial charge < -0.3 is 5.11 Å². The van der Waals surface area contributed by atoms with E-state index in [1.807, 2.05) is 29.3 Å². The molecule has 1 aromatic rings. The van der Waals surface area contributed by atoms with Gasteiger partial charge in [0.05, 0.1) is 6.10 Å². The standard InChI is InChI=1S/C14H18N2O2/c1-11(17)12-7-9-16(10-8-12)15-14(18)13-5-3-2-4-6-13/h2-7,11,17H,8-10H2,1H3,(H,15,18). The summed E-state index contributed by atoms with van der Waals surface area (Å²) in [7, 11) is 0. The summed E-state index contributed by atoms with van der Waals surface area (Å²) in [6.45, 7) is 3.14. The molecular weight excluding hydrogens is 228 g/mol. The summed E-state index contributed by atoms with van der Waals surface area (Å²) in [4.78, 5) is 11.9. The minimum absolute atomic E-state index is 0.0931. The minimum Gasteiger partial charge on any atom is -0.389 e. The molecule has 0 radical (unpaired) electrons. The lowest BCUT2D eigenvalue weighted by atomic mass is 10.0. The van der Waals surface area contributed by atoms with Crippen molar-refractivity contribution in [3.63, 3.8) is 0 Å². The quantitative estimate of drug-likeness (QED) is 0.791. The lowest BCUT2D eigenvalue weighted by Gasteiger charge is -2.27. The molecule has 0 bridgehead atoms. The molecule has 0 fully saturated rings. The number of carbonyl (C=O) groups excluding carboxylic acids is 1. The molecule has 0 aromatic heterocycles. The summed E-state index contributed by atoms with van der Waals surface area (Å²) in [6, 6.07) is 9.15. The summed E-state index contributed by atoms with van der Waals surface area (Å²) >= 11 is 0. The number of nitrogens with one attached hydrogen (secondary N) is 1. The highest BCUT2D eigenvalue weighted by Crippen LogP contribution is 2.13. The van der Waals surface area contributed by atoms with Crippen molar-refractivity contribution in [2.45, 2.75) is 19.4 Å². The Morgan fingerprint density at radius 2 is 2.11 bits per heavy atom. The smallest absolute Gasteiger partial charge is 0.265 e. The monoisotopic (exact) mass is 246 g/mol. The van der Waals surface area contributed by atoms with Gasteiger partial charge in [0.2, 0.25) is 0 Å². The number of benzene rings is 1. The van der Waals surface area contributed by atoms with Gasteiger partial charge in [0, 0.05) is 18.7 Å². The van der Waals surface area contributed by atoms with Crippen LogP contribution < -0.4 is 5.43 Å². The summed E-state index contributed by atoms with van der Waals surface area (Å²) in [5, 5.41) is 11.3. The van der Waals surface area contributed by atoms with E-state index in [-0.39, 0.29) is 5.91 Å². The molecule has 4 heteroatoms. The summed E-state index contributed by atoms with van der Waals surface area (Å²) in [6.07, 6.45) is 2.36. The van der Waals surface area contributed by atoms with Gasteiger partial charge in [-0.05, 0) is 31.1 Å². The van der Waals surface area contributed by atoms with Crippen LogP contribution in [0.15, 0.2) is 42.0 Å². The Balaban J connectivity index is 1.91. The number of aliphatic hydroxyl groups is 1. The fourth-order valence-electron chi connectivity index (χ4n) is 1.96. The van der Waals surface area contributed by atoms with E-state index in [4.69, 9.17) is 0 Å². The van der Waals surface area contributed by atoms with Crippen LogP contribution in [0, 0.1) is 0 Å². The molecule has 1 aliphatic heterocycles. The third kappa shape index (κ3) is 3.18. The maximum absolute atomic E-state index is 11.9. The van der Waals surface area contributed by atoms with E-state index in [0.29, 0.717) is 12.1 Å². The summed E-state index contributed by atoms with van der Waals surface area (Å²) in [5.74, 6) is -0.0931. The number of rotatable bonds is 3. The van der Waals surface area contributed by atoms with Crippen LogP contribution in [0.5, 0.6) is 0 Å². The Morgan fingerprint density at radius 1 is 1.39 bits per heavy atom. The fourth-order valence-corrected chi connectivity index (χ4v) is 1.96. The van der Waals surface area contributed by atoms with Crippen molar-refractivity contribution < 1.29 is 9.90 Å². The normalized spacial score (nSPS) is 18.0. The van der Waals surface area contributed by atoms with E-state index in [2.05, 4.69) is 5.43 Å². The van der Waals surface area contributed by atoms with E-state index >= 15 is 0 Å². The number of nitrogens with zero attached hydrogens (tertiary/aromatic N) is 1. The predicted octanol–water partition coefficient (Wildman–Crippen LogP) is 1.34. The molecule has 0 saturated heterocycles. The van der Waals surface area contributed by atoms with Crippen LogP contribution in [-0.2, 0) is 0 Å².